The first-order valence-electron chi connectivity index (χ1n) is 7.63. The van der Waals surface area contributed by atoms with Gasteiger partial charge in [0.25, 0.3) is 0 Å². The van der Waals surface area contributed by atoms with E-state index in [1.54, 1.807) is 40.6 Å². The van der Waals surface area contributed by atoms with Crippen molar-refractivity contribution in [2.75, 3.05) is 32.4 Å². The van der Waals surface area contributed by atoms with Crippen LogP contribution in [0.1, 0.15) is 12.5 Å². The number of piperazine rings is 1. The molecule has 4 nitrogen and oxygen atoms in total. The summed E-state index contributed by atoms with van der Waals surface area (Å²) in [6.07, 6.45) is 9.24. The molecule has 1 aliphatic heterocycles. The van der Waals surface area contributed by atoms with E-state index in [2.05, 4.69) is 30.5 Å². The van der Waals surface area contributed by atoms with Crippen LogP contribution in [0.3, 0.4) is 0 Å². The zero-order chi connectivity index (χ0) is 16.7. The fourth-order valence-corrected chi connectivity index (χ4v) is 2.77. The Morgan fingerprint density at radius 3 is 2.17 bits per heavy atom. The molecule has 1 aliphatic rings. The van der Waals surface area contributed by atoms with E-state index in [0.717, 1.165) is 5.56 Å². The highest BCUT2D eigenvalue weighted by Gasteiger charge is 2.20. The molecule has 1 heterocycles. The van der Waals surface area contributed by atoms with Crippen LogP contribution in [0.5, 0.6) is 0 Å². The van der Waals surface area contributed by atoms with E-state index >= 15 is 0 Å². The largest absolute Gasteiger partial charge is 0.339 e. The summed E-state index contributed by atoms with van der Waals surface area (Å²) in [4.78, 5) is 28.1. The Balaban J connectivity index is 1.81. The lowest BCUT2D eigenvalue weighted by atomic mass is 10.2. The van der Waals surface area contributed by atoms with Crippen molar-refractivity contribution in [3.05, 3.63) is 48.1 Å². The molecule has 1 fully saturated rings. The van der Waals surface area contributed by atoms with Crippen LogP contribution < -0.4 is 0 Å². The molecule has 2 amide bonds. The van der Waals surface area contributed by atoms with Crippen molar-refractivity contribution in [3.8, 4) is 0 Å². The molecule has 5 heteroatoms. The Morgan fingerprint density at radius 1 is 1.00 bits per heavy atom. The molecule has 2 rings (SSSR count). The lowest BCUT2D eigenvalue weighted by Crippen LogP contribution is -2.49. The fraction of sp³-hybridized carbons (Fsp3) is 0.333. The molecule has 0 N–H and O–H groups in total. The molecular formula is C18H22N2O2S. The average Bonchev–Trinajstić information content (AvgIpc) is 2.59. The number of carbonyl (C=O) groups excluding carboxylic acids is 2. The number of hydrogen-bond acceptors (Lipinski definition) is 3. The van der Waals surface area contributed by atoms with Gasteiger partial charge in [-0.25, -0.2) is 0 Å². The quantitative estimate of drug-likeness (QED) is 0.484. The molecule has 0 spiro atoms. The third-order valence-electron chi connectivity index (χ3n) is 3.79. The summed E-state index contributed by atoms with van der Waals surface area (Å²) < 4.78 is 0. The SMILES string of the molecule is CSc1ccc(/C=C/C=C/C(=O)N2CCN(C(C)=O)CC2)cc1. The van der Waals surface area contributed by atoms with Crippen LogP contribution in [-0.2, 0) is 9.59 Å². The lowest BCUT2D eigenvalue weighted by Gasteiger charge is -2.33. The maximum Gasteiger partial charge on any atom is 0.246 e. The molecule has 0 radical (unpaired) electrons. The number of rotatable bonds is 4. The normalized spacial score (nSPS) is 15.6. The van der Waals surface area contributed by atoms with Gasteiger partial charge in [0.2, 0.25) is 11.8 Å². The van der Waals surface area contributed by atoms with Gasteiger partial charge >= 0.3 is 0 Å². The molecule has 23 heavy (non-hydrogen) atoms. The molecule has 0 saturated carbocycles. The van der Waals surface area contributed by atoms with Gasteiger partial charge in [-0.15, -0.1) is 11.8 Å². The van der Waals surface area contributed by atoms with Crippen LogP contribution in [0.25, 0.3) is 6.08 Å². The molecule has 1 aromatic rings. The summed E-state index contributed by atoms with van der Waals surface area (Å²) in [7, 11) is 0. The monoisotopic (exact) mass is 330 g/mol. The van der Waals surface area contributed by atoms with Crippen LogP contribution in [0.15, 0.2) is 47.4 Å². The van der Waals surface area contributed by atoms with Crippen LogP contribution in [0, 0.1) is 0 Å². The van der Waals surface area contributed by atoms with Crippen molar-refractivity contribution >= 4 is 29.7 Å². The van der Waals surface area contributed by atoms with Crippen molar-refractivity contribution in [2.45, 2.75) is 11.8 Å². The zero-order valence-electron chi connectivity index (χ0n) is 13.6. The van der Waals surface area contributed by atoms with Gasteiger partial charge in [0, 0.05) is 44.1 Å². The van der Waals surface area contributed by atoms with Gasteiger partial charge in [-0.1, -0.05) is 30.4 Å². The Kier molecular flexibility index (Phi) is 6.47. The molecule has 1 aromatic carbocycles. The van der Waals surface area contributed by atoms with Crippen molar-refractivity contribution in [1.82, 2.24) is 9.80 Å². The molecule has 0 unspecified atom stereocenters. The first-order chi connectivity index (χ1) is 11.1. The minimum absolute atomic E-state index is 0.00409. The minimum Gasteiger partial charge on any atom is -0.339 e. The summed E-state index contributed by atoms with van der Waals surface area (Å²) in [6, 6.07) is 8.26. The maximum atomic E-state index is 12.1. The molecule has 0 atom stereocenters. The van der Waals surface area contributed by atoms with E-state index in [1.165, 1.54) is 4.90 Å². The van der Waals surface area contributed by atoms with Gasteiger partial charge in [0.15, 0.2) is 0 Å². The van der Waals surface area contributed by atoms with E-state index in [4.69, 9.17) is 0 Å². The van der Waals surface area contributed by atoms with Crippen molar-refractivity contribution in [2.24, 2.45) is 0 Å². The summed E-state index contributed by atoms with van der Waals surface area (Å²) in [5.74, 6) is 0.0682. The number of amides is 2. The third kappa shape index (κ3) is 5.28. The Bertz CT molecular complexity index is 600. The highest BCUT2D eigenvalue weighted by molar-refractivity contribution is 7.98. The van der Waals surface area contributed by atoms with Gasteiger partial charge in [0.1, 0.15) is 0 Å². The van der Waals surface area contributed by atoms with Gasteiger partial charge in [-0.3, -0.25) is 9.59 Å². The predicted molar refractivity (Wildman–Crippen MR) is 95.2 cm³/mol. The molecule has 1 saturated heterocycles. The number of allylic oxidation sites excluding steroid dienone is 2. The van der Waals surface area contributed by atoms with E-state index in [0.29, 0.717) is 26.2 Å². The fourth-order valence-electron chi connectivity index (χ4n) is 2.37. The zero-order valence-corrected chi connectivity index (χ0v) is 14.4. The number of carbonyl (C=O) groups is 2. The Morgan fingerprint density at radius 2 is 1.61 bits per heavy atom. The van der Waals surface area contributed by atoms with Gasteiger partial charge in [-0.05, 0) is 24.0 Å². The highest BCUT2D eigenvalue weighted by Crippen LogP contribution is 2.15. The van der Waals surface area contributed by atoms with Gasteiger partial charge in [-0.2, -0.15) is 0 Å². The predicted octanol–water partition coefficient (Wildman–Crippen LogP) is 2.67. The molecule has 0 aromatic heterocycles. The molecular weight excluding hydrogens is 308 g/mol. The highest BCUT2D eigenvalue weighted by atomic mass is 32.2. The number of benzene rings is 1. The topological polar surface area (TPSA) is 40.6 Å². The molecule has 122 valence electrons. The number of thioether (sulfide) groups is 1. The third-order valence-corrected chi connectivity index (χ3v) is 4.53. The van der Waals surface area contributed by atoms with Crippen molar-refractivity contribution in [3.63, 3.8) is 0 Å². The molecule has 0 aliphatic carbocycles. The van der Waals surface area contributed by atoms with Crippen molar-refractivity contribution < 1.29 is 9.59 Å². The Labute approximate surface area is 141 Å². The van der Waals surface area contributed by atoms with E-state index in [-0.39, 0.29) is 11.8 Å². The number of hydrogen-bond donors (Lipinski definition) is 0. The minimum atomic E-state index is -0.00409. The van der Waals surface area contributed by atoms with Gasteiger partial charge < -0.3 is 9.80 Å². The number of nitrogens with zero attached hydrogens (tertiary/aromatic N) is 2. The summed E-state index contributed by atoms with van der Waals surface area (Å²) in [6.45, 7) is 4.00. The summed E-state index contributed by atoms with van der Waals surface area (Å²) >= 11 is 1.71. The first kappa shape index (κ1) is 17.3. The summed E-state index contributed by atoms with van der Waals surface area (Å²) in [5.41, 5.74) is 1.11. The van der Waals surface area contributed by atoms with Gasteiger partial charge in [0.05, 0.1) is 0 Å². The van der Waals surface area contributed by atoms with Crippen LogP contribution in [0.4, 0.5) is 0 Å². The van der Waals surface area contributed by atoms with E-state index < -0.39 is 0 Å². The lowest BCUT2D eigenvalue weighted by molar-refractivity contribution is -0.135. The second-order valence-corrected chi connectivity index (χ2v) is 6.20. The van der Waals surface area contributed by atoms with Crippen LogP contribution in [0.2, 0.25) is 0 Å². The second kappa shape index (κ2) is 8.58. The van der Waals surface area contributed by atoms with E-state index in [9.17, 15) is 9.59 Å². The van der Waals surface area contributed by atoms with Crippen LogP contribution in [-0.4, -0.2) is 54.0 Å². The maximum absolute atomic E-state index is 12.1. The van der Waals surface area contributed by atoms with Crippen LogP contribution >= 0.6 is 11.8 Å². The first-order valence-corrected chi connectivity index (χ1v) is 8.86. The smallest absolute Gasteiger partial charge is 0.246 e. The Hall–Kier alpha value is -2.01. The standard InChI is InChI=1S/C18H22N2O2S/c1-15(21)19-11-13-20(14-12-19)18(22)6-4-3-5-16-7-9-17(23-2)10-8-16/h3-10H,11-14H2,1-2H3/b5-3+,6-4+. The second-order valence-electron chi connectivity index (χ2n) is 5.32. The average molecular weight is 330 g/mol. The summed E-state index contributed by atoms with van der Waals surface area (Å²) in [5, 5.41) is 0. The van der Waals surface area contributed by atoms with Crippen molar-refractivity contribution in [1.29, 1.82) is 0 Å². The van der Waals surface area contributed by atoms with E-state index in [1.807, 2.05) is 12.2 Å². The molecule has 0 bridgehead atoms.